The monoisotopic (exact) mass is 309 g/mol. The Labute approximate surface area is 132 Å². The number of alkyl carbamates (subject to hydrolysis) is 1. The number of ether oxygens (including phenoxy) is 1. The van der Waals surface area contributed by atoms with Gasteiger partial charge in [0.05, 0.1) is 12.7 Å². The molecule has 0 radical (unpaired) electrons. The Bertz CT molecular complexity index is 485. The van der Waals surface area contributed by atoms with Crippen molar-refractivity contribution in [2.24, 2.45) is 5.92 Å². The molecule has 1 aliphatic rings. The van der Waals surface area contributed by atoms with E-state index in [1.165, 1.54) is 0 Å². The first-order valence-corrected chi connectivity index (χ1v) is 7.92. The average molecular weight is 309 g/mol. The molecular formula is C16H27N3O3. The molecule has 6 nitrogen and oxygen atoms in total. The standard InChI is InChI=1S/C16H27N3O3/c1-12-9-17-14(21-12)11-19-7-5-13(6-8-19)10-18-15(20)22-16(2,3)4/h9,13H,5-8,10-11H2,1-4H3,(H,18,20). The molecule has 0 atom stereocenters. The Balaban J connectivity index is 1.66. The van der Waals surface area contributed by atoms with E-state index in [1.807, 2.05) is 27.7 Å². The zero-order chi connectivity index (χ0) is 16.2. The van der Waals surface area contributed by atoms with Gasteiger partial charge in [-0.3, -0.25) is 4.90 Å². The smallest absolute Gasteiger partial charge is 0.407 e. The summed E-state index contributed by atoms with van der Waals surface area (Å²) in [4.78, 5) is 18.2. The minimum Gasteiger partial charge on any atom is -0.445 e. The van der Waals surface area contributed by atoms with Crippen LogP contribution < -0.4 is 5.32 Å². The number of hydrogen-bond acceptors (Lipinski definition) is 5. The lowest BCUT2D eigenvalue weighted by Crippen LogP contribution is -2.40. The highest BCUT2D eigenvalue weighted by atomic mass is 16.6. The summed E-state index contributed by atoms with van der Waals surface area (Å²) in [5.74, 6) is 2.14. The van der Waals surface area contributed by atoms with Crippen molar-refractivity contribution in [2.45, 2.75) is 52.7 Å². The molecule has 0 bridgehead atoms. The maximum Gasteiger partial charge on any atom is 0.407 e. The first kappa shape index (κ1) is 16.8. The fraction of sp³-hybridized carbons (Fsp3) is 0.750. The van der Waals surface area contributed by atoms with Crippen molar-refractivity contribution in [3.8, 4) is 0 Å². The molecule has 1 fully saturated rings. The molecular weight excluding hydrogens is 282 g/mol. The highest BCUT2D eigenvalue weighted by molar-refractivity contribution is 5.67. The third kappa shape index (κ3) is 5.67. The molecule has 1 saturated heterocycles. The lowest BCUT2D eigenvalue weighted by Gasteiger charge is -2.31. The molecule has 22 heavy (non-hydrogen) atoms. The summed E-state index contributed by atoms with van der Waals surface area (Å²) in [5.41, 5.74) is -0.443. The number of hydrogen-bond donors (Lipinski definition) is 1. The maximum atomic E-state index is 11.6. The molecule has 0 unspecified atom stereocenters. The average Bonchev–Trinajstić information content (AvgIpc) is 2.81. The van der Waals surface area contributed by atoms with Gasteiger partial charge in [0.1, 0.15) is 11.4 Å². The molecule has 2 heterocycles. The molecule has 0 aromatic carbocycles. The first-order chi connectivity index (χ1) is 10.3. The number of carbonyl (C=O) groups is 1. The zero-order valence-electron chi connectivity index (χ0n) is 14.0. The minimum absolute atomic E-state index is 0.329. The van der Waals surface area contributed by atoms with E-state index in [2.05, 4.69) is 15.2 Å². The third-order valence-corrected chi connectivity index (χ3v) is 3.67. The second-order valence-corrected chi connectivity index (χ2v) is 6.97. The molecule has 0 aliphatic carbocycles. The van der Waals surface area contributed by atoms with Gasteiger partial charge in [-0.1, -0.05) is 0 Å². The third-order valence-electron chi connectivity index (χ3n) is 3.67. The highest BCUT2D eigenvalue weighted by Gasteiger charge is 2.22. The van der Waals surface area contributed by atoms with Crippen LogP contribution >= 0.6 is 0 Å². The van der Waals surface area contributed by atoms with Gasteiger partial charge in [-0.2, -0.15) is 0 Å². The van der Waals surface area contributed by atoms with Crippen molar-refractivity contribution >= 4 is 6.09 Å². The zero-order valence-corrected chi connectivity index (χ0v) is 14.0. The largest absolute Gasteiger partial charge is 0.445 e. The summed E-state index contributed by atoms with van der Waals surface area (Å²) in [6.45, 7) is 11.0. The summed E-state index contributed by atoms with van der Waals surface area (Å²) in [6, 6.07) is 0. The van der Waals surface area contributed by atoms with Crippen LogP contribution in [-0.2, 0) is 11.3 Å². The number of oxazole rings is 1. The highest BCUT2D eigenvalue weighted by Crippen LogP contribution is 2.18. The lowest BCUT2D eigenvalue weighted by atomic mass is 9.97. The normalized spacial score (nSPS) is 17.5. The summed E-state index contributed by atoms with van der Waals surface area (Å²) < 4.78 is 10.8. The van der Waals surface area contributed by atoms with Crippen molar-refractivity contribution in [2.75, 3.05) is 19.6 Å². The van der Waals surface area contributed by atoms with Crippen molar-refractivity contribution in [3.05, 3.63) is 17.8 Å². The molecule has 1 N–H and O–H groups in total. The van der Waals surface area contributed by atoms with Gasteiger partial charge in [0.15, 0.2) is 0 Å². The van der Waals surface area contributed by atoms with Gasteiger partial charge in [0.2, 0.25) is 5.89 Å². The second-order valence-electron chi connectivity index (χ2n) is 6.97. The predicted molar refractivity (Wildman–Crippen MR) is 83.5 cm³/mol. The topological polar surface area (TPSA) is 67.6 Å². The van der Waals surface area contributed by atoms with Crippen LogP contribution in [0.2, 0.25) is 0 Å². The van der Waals surface area contributed by atoms with Crippen LogP contribution in [0.15, 0.2) is 10.6 Å². The number of nitrogens with one attached hydrogen (secondary N) is 1. The quantitative estimate of drug-likeness (QED) is 0.926. The van der Waals surface area contributed by atoms with Gasteiger partial charge in [-0.15, -0.1) is 0 Å². The van der Waals surface area contributed by atoms with Gasteiger partial charge in [0, 0.05) is 6.54 Å². The van der Waals surface area contributed by atoms with E-state index < -0.39 is 5.60 Å². The van der Waals surface area contributed by atoms with Gasteiger partial charge < -0.3 is 14.5 Å². The summed E-state index contributed by atoms with van der Waals surface area (Å²) in [6.07, 6.45) is 3.56. The Morgan fingerprint density at radius 2 is 2.14 bits per heavy atom. The predicted octanol–water partition coefficient (Wildman–Crippen LogP) is 2.72. The van der Waals surface area contributed by atoms with E-state index >= 15 is 0 Å². The van der Waals surface area contributed by atoms with Crippen molar-refractivity contribution in [1.82, 2.24) is 15.2 Å². The Kier molecular flexibility index (Phi) is 5.45. The van der Waals surface area contributed by atoms with Gasteiger partial charge in [-0.05, 0) is 59.5 Å². The Morgan fingerprint density at radius 1 is 1.45 bits per heavy atom. The van der Waals surface area contributed by atoms with Crippen molar-refractivity contribution in [1.29, 1.82) is 0 Å². The van der Waals surface area contributed by atoms with Crippen LogP contribution in [0.25, 0.3) is 0 Å². The lowest BCUT2D eigenvalue weighted by molar-refractivity contribution is 0.0509. The van der Waals surface area contributed by atoms with Crippen LogP contribution in [0.4, 0.5) is 4.79 Å². The van der Waals surface area contributed by atoms with E-state index in [9.17, 15) is 4.79 Å². The van der Waals surface area contributed by atoms with Gasteiger partial charge in [-0.25, -0.2) is 9.78 Å². The number of amides is 1. The summed E-state index contributed by atoms with van der Waals surface area (Å²) >= 11 is 0. The molecule has 2 rings (SSSR count). The van der Waals surface area contributed by atoms with Crippen LogP contribution in [0.5, 0.6) is 0 Å². The van der Waals surface area contributed by atoms with Crippen molar-refractivity contribution in [3.63, 3.8) is 0 Å². The van der Waals surface area contributed by atoms with Crippen LogP contribution in [0, 0.1) is 12.8 Å². The van der Waals surface area contributed by atoms with E-state index in [0.717, 1.165) is 44.1 Å². The number of nitrogens with zero attached hydrogens (tertiary/aromatic N) is 2. The Hall–Kier alpha value is -1.56. The second kappa shape index (κ2) is 7.13. The maximum absolute atomic E-state index is 11.6. The van der Waals surface area contributed by atoms with Gasteiger partial charge in [0.25, 0.3) is 0 Å². The number of aryl methyl sites for hydroxylation is 1. The van der Waals surface area contributed by atoms with E-state index in [1.54, 1.807) is 6.20 Å². The fourth-order valence-electron chi connectivity index (χ4n) is 2.56. The molecule has 1 amide bonds. The molecule has 0 spiro atoms. The summed E-state index contributed by atoms with van der Waals surface area (Å²) in [7, 11) is 0. The minimum atomic E-state index is -0.443. The number of carbonyl (C=O) groups excluding carboxylic acids is 1. The summed E-state index contributed by atoms with van der Waals surface area (Å²) in [5, 5.41) is 2.87. The molecule has 1 aromatic rings. The number of rotatable bonds is 4. The van der Waals surface area contributed by atoms with E-state index in [0.29, 0.717) is 12.5 Å². The van der Waals surface area contributed by atoms with E-state index in [-0.39, 0.29) is 6.09 Å². The Morgan fingerprint density at radius 3 is 2.68 bits per heavy atom. The van der Waals surface area contributed by atoms with Crippen LogP contribution in [0.3, 0.4) is 0 Å². The molecule has 1 aromatic heterocycles. The van der Waals surface area contributed by atoms with Crippen molar-refractivity contribution < 1.29 is 13.9 Å². The number of piperidine rings is 1. The van der Waals surface area contributed by atoms with Gasteiger partial charge >= 0.3 is 6.09 Å². The molecule has 1 aliphatic heterocycles. The fourth-order valence-corrected chi connectivity index (χ4v) is 2.56. The molecule has 6 heteroatoms. The molecule has 124 valence electrons. The van der Waals surface area contributed by atoms with Crippen LogP contribution in [0.1, 0.15) is 45.3 Å². The van der Waals surface area contributed by atoms with E-state index in [4.69, 9.17) is 9.15 Å². The number of likely N-dealkylation sites (tertiary alicyclic amines) is 1. The SMILES string of the molecule is Cc1cnc(CN2CCC(CNC(=O)OC(C)(C)C)CC2)o1. The number of aromatic nitrogens is 1. The first-order valence-electron chi connectivity index (χ1n) is 7.92. The molecule has 0 saturated carbocycles. The van der Waals surface area contributed by atoms with Crippen LogP contribution in [-0.4, -0.2) is 41.2 Å².